The quantitative estimate of drug-likeness (QED) is 0.430. The van der Waals surface area contributed by atoms with Gasteiger partial charge in [-0.3, -0.25) is 4.99 Å². The first-order valence-electron chi connectivity index (χ1n) is 10.00. The number of hydrogen-bond donors (Lipinski definition) is 3. The highest BCUT2D eigenvalue weighted by atomic mass is 32.2. The van der Waals surface area contributed by atoms with E-state index in [-0.39, 0.29) is 18.1 Å². The fourth-order valence-corrected chi connectivity index (χ4v) is 5.46. The van der Waals surface area contributed by atoms with Crippen LogP contribution in [0.3, 0.4) is 0 Å². The van der Waals surface area contributed by atoms with Gasteiger partial charge in [-0.1, -0.05) is 19.3 Å². The number of guanidine groups is 1. The first-order chi connectivity index (χ1) is 12.4. The summed E-state index contributed by atoms with van der Waals surface area (Å²) in [5.74, 6) is 0.746. The molecule has 2 aliphatic rings. The van der Waals surface area contributed by atoms with E-state index in [9.17, 15) is 13.5 Å². The first-order valence-corrected chi connectivity index (χ1v) is 11.8. The van der Waals surface area contributed by atoms with E-state index in [2.05, 4.69) is 10.6 Å². The maximum absolute atomic E-state index is 11.9. The largest absolute Gasteiger partial charge is 0.396 e. The number of nitrogens with zero attached hydrogens (tertiary/aromatic N) is 2. The van der Waals surface area contributed by atoms with Gasteiger partial charge >= 0.3 is 0 Å². The van der Waals surface area contributed by atoms with Gasteiger partial charge in [0.15, 0.2) is 5.96 Å². The third-order valence-electron chi connectivity index (χ3n) is 5.73. The molecule has 152 valence electrons. The summed E-state index contributed by atoms with van der Waals surface area (Å²) in [4.78, 5) is 4.79. The lowest BCUT2D eigenvalue weighted by Crippen LogP contribution is -2.46. The van der Waals surface area contributed by atoms with Crippen molar-refractivity contribution in [3.05, 3.63) is 0 Å². The summed E-state index contributed by atoms with van der Waals surface area (Å²) in [6.07, 6.45) is 9.84. The van der Waals surface area contributed by atoms with E-state index in [4.69, 9.17) is 4.99 Å². The third kappa shape index (κ3) is 6.09. The Labute approximate surface area is 158 Å². The summed E-state index contributed by atoms with van der Waals surface area (Å²) in [6.45, 7) is 4.90. The van der Waals surface area contributed by atoms with Crippen LogP contribution in [-0.4, -0.2) is 68.9 Å². The molecule has 0 radical (unpaired) electrons. The van der Waals surface area contributed by atoms with Gasteiger partial charge in [0, 0.05) is 38.8 Å². The number of sulfonamides is 1. The standard InChI is InChI=1S/C18H36N4O3S/c1-3-19-17(20-14-16-8-7-12-22(16)26(2,24)25)21-15-18(11-13-23)9-5-4-6-10-18/h16,23H,3-15H2,1-2H3,(H2,19,20,21)/t16-/m1/s1. The number of hydrogen-bond acceptors (Lipinski definition) is 4. The second-order valence-electron chi connectivity index (χ2n) is 7.78. The molecule has 3 N–H and O–H groups in total. The molecule has 1 aliphatic carbocycles. The molecule has 26 heavy (non-hydrogen) atoms. The molecule has 2 rings (SSSR count). The maximum Gasteiger partial charge on any atom is 0.211 e. The third-order valence-corrected chi connectivity index (χ3v) is 7.06. The molecule has 8 heteroatoms. The fourth-order valence-electron chi connectivity index (χ4n) is 4.28. The number of rotatable bonds is 8. The van der Waals surface area contributed by atoms with Crippen molar-refractivity contribution in [2.75, 3.05) is 39.0 Å². The molecule has 0 spiro atoms. The molecule has 0 aromatic rings. The van der Waals surface area contributed by atoms with Crippen molar-refractivity contribution in [3.8, 4) is 0 Å². The fraction of sp³-hybridized carbons (Fsp3) is 0.944. The Morgan fingerprint density at radius 3 is 2.58 bits per heavy atom. The van der Waals surface area contributed by atoms with E-state index in [1.807, 2.05) is 6.92 Å². The van der Waals surface area contributed by atoms with Crippen LogP contribution in [0.25, 0.3) is 0 Å². The van der Waals surface area contributed by atoms with E-state index in [0.717, 1.165) is 44.6 Å². The van der Waals surface area contributed by atoms with Crippen molar-refractivity contribution < 1.29 is 13.5 Å². The Kier molecular flexibility index (Phi) is 8.16. The van der Waals surface area contributed by atoms with Gasteiger partial charge in [-0.2, -0.15) is 4.31 Å². The molecule has 1 saturated carbocycles. The van der Waals surface area contributed by atoms with Crippen molar-refractivity contribution in [1.82, 2.24) is 14.9 Å². The van der Waals surface area contributed by atoms with Gasteiger partial charge < -0.3 is 15.7 Å². The number of nitrogens with one attached hydrogen (secondary N) is 2. The second kappa shape index (κ2) is 9.90. The zero-order valence-electron chi connectivity index (χ0n) is 16.3. The van der Waals surface area contributed by atoms with Crippen molar-refractivity contribution in [3.63, 3.8) is 0 Å². The lowest BCUT2D eigenvalue weighted by atomic mass is 9.72. The van der Waals surface area contributed by atoms with Crippen LogP contribution in [0.15, 0.2) is 4.99 Å². The van der Waals surface area contributed by atoms with Crippen molar-refractivity contribution >= 4 is 16.0 Å². The van der Waals surface area contributed by atoms with Gasteiger partial charge in [-0.25, -0.2) is 8.42 Å². The zero-order valence-corrected chi connectivity index (χ0v) is 17.2. The van der Waals surface area contributed by atoms with Crippen LogP contribution in [0, 0.1) is 5.41 Å². The smallest absolute Gasteiger partial charge is 0.211 e. The summed E-state index contributed by atoms with van der Waals surface area (Å²) in [6, 6.07) is -0.00469. The molecule has 1 heterocycles. The molecule has 1 atom stereocenters. The lowest BCUT2D eigenvalue weighted by Gasteiger charge is -2.35. The number of aliphatic hydroxyl groups is 1. The minimum atomic E-state index is -3.15. The molecule has 0 aromatic heterocycles. The van der Waals surface area contributed by atoms with E-state index in [1.54, 1.807) is 4.31 Å². The molecule has 0 aromatic carbocycles. The van der Waals surface area contributed by atoms with E-state index >= 15 is 0 Å². The summed E-state index contributed by atoms with van der Waals surface area (Å²) >= 11 is 0. The number of aliphatic imine (C=N–C) groups is 1. The normalized spacial score (nSPS) is 24.6. The molecule has 0 amide bonds. The van der Waals surface area contributed by atoms with Gasteiger partial charge in [-0.15, -0.1) is 0 Å². The van der Waals surface area contributed by atoms with Crippen molar-refractivity contribution in [1.29, 1.82) is 0 Å². The van der Waals surface area contributed by atoms with Crippen molar-refractivity contribution in [2.45, 2.75) is 64.3 Å². The molecule has 1 aliphatic heterocycles. The van der Waals surface area contributed by atoms with E-state index in [1.165, 1.54) is 25.5 Å². The summed E-state index contributed by atoms with van der Waals surface area (Å²) in [7, 11) is -3.15. The Morgan fingerprint density at radius 2 is 1.96 bits per heavy atom. The van der Waals surface area contributed by atoms with E-state index in [0.29, 0.717) is 19.6 Å². The van der Waals surface area contributed by atoms with Crippen LogP contribution in [0.5, 0.6) is 0 Å². The van der Waals surface area contributed by atoms with Crippen LogP contribution < -0.4 is 10.6 Å². The van der Waals surface area contributed by atoms with Crippen molar-refractivity contribution in [2.24, 2.45) is 10.4 Å². The number of aliphatic hydroxyl groups excluding tert-OH is 1. The first kappa shape index (κ1) is 21.4. The van der Waals surface area contributed by atoms with Crippen LogP contribution in [0.2, 0.25) is 0 Å². The van der Waals surface area contributed by atoms with Gasteiger partial charge in [0.25, 0.3) is 0 Å². The van der Waals surface area contributed by atoms with Gasteiger partial charge in [0.2, 0.25) is 10.0 Å². The minimum Gasteiger partial charge on any atom is -0.396 e. The second-order valence-corrected chi connectivity index (χ2v) is 9.72. The minimum absolute atomic E-state index is 0.00469. The molecule has 7 nitrogen and oxygen atoms in total. The van der Waals surface area contributed by atoms with Gasteiger partial charge in [0.05, 0.1) is 6.26 Å². The Hall–Kier alpha value is -0.860. The predicted molar refractivity (Wildman–Crippen MR) is 106 cm³/mol. The molecule has 0 unspecified atom stereocenters. The van der Waals surface area contributed by atoms with Crippen LogP contribution in [-0.2, 0) is 10.0 Å². The molecule has 0 bridgehead atoms. The monoisotopic (exact) mass is 388 g/mol. The SMILES string of the molecule is CCNC(=NCC1(CCO)CCCCC1)NC[C@H]1CCCN1S(C)(=O)=O. The van der Waals surface area contributed by atoms with Crippen LogP contribution in [0.1, 0.15) is 58.3 Å². The highest BCUT2D eigenvalue weighted by molar-refractivity contribution is 7.88. The summed E-state index contributed by atoms with van der Waals surface area (Å²) in [5, 5.41) is 16.1. The average molecular weight is 389 g/mol. The van der Waals surface area contributed by atoms with Crippen LogP contribution >= 0.6 is 0 Å². The maximum atomic E-state index is 11.9. The Balaban J connectivity index is 1.97. The van der Waals surface area contributed by atoms with Gasteiger partial charge in [0.1, 0.15) is 0 Å². The molecular weight excluding hydrogens is 352 g/mol. The Morgan fingerprint density at radius 1 is 1.23 bits per heavy atom. The van der Waals surface area contributed by atoms with E-state index < -0.39 is 10.0 Å². The lowest BCUT2D eigenvalue weighted by molar-refractivity contribution is 0.137. The highest BCUT2D eigenvalue weighted by Gasteiger charge is 2.32. The topological polar surface area (TPSA) is 94.0 Å². The zero-order chi connectivity index (χ0) is 19.0. The average Bonchev–Trinajstić information content (AvgIpc) is 3.07. The Bertz CT molecular complexity index is 553. The molecular formula is C18H36N4O3S. The predicted octanol–water partition coefficient (Wildman–Crippen LogP) is 1.30. The molecule has 2 fully saturated rings. The summed E-state index contributed by atoms with van der Waals surface area (Å²) in [5.41, 5.74) is 0.113. The summed E-state index contributed by atoms with van der Waals surface area (Å²) < 4.78 is 25.4. The highest BCUT2D eigenvalue weighted by Crippen LogP contribution is 2.39. The van der Waals surface area contributed by atoms with Gasteiger partial charge in [-0.05, 0) is 44.4 Å². The molecule has 1 saturated heterocycles. The van der Waals surface area contributed by atoms with Crippen LogP contribution in [0.4, 0.5) is 0 Å².